The minimum absolute atomic E-state index is 0.0113. The Hall–Kier alpha value is -3.35. The molecule has 2 amide bonds. The van der Waals surface area contributed by atoms with E-state index in [1.165, 1.54) is 27.2 Å². The maximum absolute atomic E-state index is 12.6. The Kier molecular flexibility index (Phi) is 6.91. The van der Waals surface area contributed by atoms with Crippen molar-refractivity contribution in [2.75, 3.05) is 19.7 Å². The van der Waals surface area contributed by atoms with Gasteiger partial charge in [0, 0.05) is 25.4 Å². The van der Waals surface area contributed by atoms with Crippen LogP contribution in [0.4, 0.5) is 4.79 Å². The van der Waals surface area contributed by atoms with Gasteiger partial charge in [0.2, 0.25) is 5.91 Å². The molecular formula is C27H32N2O5. The van der Waals surface area contributed by atoms with Gasteiger partial charge >= 0.3 is 12.1 Å². The van der Waals surface area contributed by atoms with Crippen molar-refractivity contribution in [3.05, 3.63) is 59.7 Å². The molecule has 2 aromatic rings. The van der Waals surface area contributed by atoms with Crippen LogP contribution in [-0.2, 0) is 14.3 Å². The molecule has 2 unspecified atom stereocenters. The van der Waals surface area contributed by atoms with E-state index in [0.717, 1.165) is 0 Å². The smallest absolute Gasteiger partial charge is 0.407 e. The number of nitrogens with one attached hydrogen (secondary N) is 1. The molecule has 1 aliphatic heterocycles. The SMILES string of the molecule is CC(CCC(=O)N1CCCC1(C)C(=O)O)CNC(=O)OCC1c2ccccc2-c2ccccc21. The summed E-state index contributed by atoms with van der Waals surface area (Å²) in [7, 11) is 0. The Morgan fingerprint density at radius 1 is 1.12 bits per heavy atom. The topological polar surface area (TPSA) is 95.9 Å². The quantitative estimate of drug-likeness (QED) is 0.603. The lowest BCUT2D eigenvalue weighted by molar-refractivity contribution is -0.155. The van der Waals surface area contributed by atoms with Crippen LogP contribution in [0.15, 0.2) is 48.5 Å². The molecule has 1 aliphatic carbocycles. The summed E-state index contributed by atoms with van der Waals surface area (Å²) in [6, 6.07) is 16.4. The van der Waals surface area contributed by atoms with Gasteiger partial charge in [-0.05, 0) is 54.4 Å². The zero-order chi connectivity index (χ0) is 24.3. The third-order valence-corrected chi connectivity index (χ3v) is 7.19. The number of aliphatic carboxylic acids is 1. The van der Waals surface area contributed by atoms with Gasteiger partial charge in [0.05, 0.1) is 0 Å². The highest BCUT2D eigenvalue weighted by atomic mass is 16.5. The number of hydrogen-bond acceptors (Lipinski definition) is 4. The number of alkyl carbamates (subject to hydrolysis) is 1. The molecule has 1 heterocycles. The van der Waals surface area contributed by atoms with Crippen molar-refractivity contribution in [3.8, 4) is 11.1 Å². The zero-order valence-corrected chi connectivity index (χ0v) is 19.8. The van der Waals surface area contributed by atoms with Crippen molar-refractivity contribution in [3.63, 3.8) is 0 Å². The number of carbonyl (C=O) groups is 3. The van der Waals surface area contributed by atoms with Crippen LogP contribution in [0.2, 0.25) is 0 Å². The lowest BCUT2D eigenvalue weighted by atomic mass is 9.98. The first-order valence-corrected chi connectivity index (χ1v) is 11.9. The number of likely N-dealkylation sites (tertiary alicyclic amines) is 1. The van der Waals surface area contributed by atoms with E-state index < -0.39 is 17.6 Å². The number of carboxylic acid groups (broad SMARTS) is 1. The van der Waals surface area contributed by atoms with Crippen LogP contribution >= 0.6 is 0 Å². The van der Waals surface area contributed by atoms with E-state index in [9.17, 15) is 19.5 Å². The highest BCUT2D eigenvalue weighted by Gasteiger charge is 2.45. The number of rotatable bonds is 8. The lowest BCUT2D eigenvalue weighted by Gasteiger charge is -2.31. The van der Waals surface area contributed by atoms with E-state index in [-0.39, 0.29) is 30.8 Å². The average Bonchev–Trinajstić information content (AvgIpc) is 3.39. The second-order valence-corrected chi connectivity index (χ2v) is 9.58. The van der Waals surface area contributed by atoms with Crippen LogP contribution in [-0.4, -0.2) is 53.2 Å². The summed E-state index contributed by atoms with van der Waals surface area (Å²) >= 11 is 0. The van der Waals surface area contributed by atoms with Gasteiger partial charge in [0.15, 0.2) is 0 Å². The van der Waals surface area contributed by atoms with Crippen molar-refractivity contribution in [1.82, 2.24) is 10.2 Å². The predicted molar refractivity (Wildman–Crippen MR) is 128 cm³/mol. The standard InChI is InChI=1S/C27H32N2O5/c1-18(12-13-24(30)29-15-7-14-27(29,2)25(31)32)16-28-26(33)34-17-23-21-10-5-3-8-19(21)20-9-4-6-11-22(20)23/h3-6,8-11,18,23H,7,12-17H2,1-2H3,(H,28,33)(H,31,32). The number of fused-ring (bicyclic) bond motifs is 3. The summed E-state index contributed by atoms with van der Waals surface area (Å²) in [5.41, 5.74) is 3.59. The number of benzene rings is 2. The molecule has 1 fully saturated rings. The van der Waals surface area contributed by atoms with Gasteiger partial charge in [-0.3, -0.25) is 4.79 Å². The molecule has 34 heavy (non-hydrogen) atoms. The van der Waals surface area contributed by atoms with Gasteiger partial charge in [-0.25, -0.2) is 9.59 Å². The second kappa shape index (κ2) is 9.87. The van der Waals surface area contributed by atoms with Crippen LogP contribution in [0, 0.1) is 5.92 Å². The van der Waals surface area contributed by atoms with Gasteiger partial charge in [-0.1, -0.05) is 55.5 Å². The molecule has 2 aromatic carbocycles. The van der Waals surface area contributed by atoms with E-state index in [2.05, 4.69) is 29.6 Å². The highest BCUT2D eigenvalue weighted by molar-refractivity contribution is 5.87. The molecule has 1 saturated heterocycles. The number of carboxylic acids is 1. The maximum atomic E-state index is 12.6. The van der Waals surface area contributed by atoms with E-state index in [1.807, 2.05) is 31.2 Å². The molecule has 4 rings (SSSR count). The minimum Gasteiger partial charge on any atom is -0.480 e. The van der Waals surface area contributed by atoms with Gasteiger partial charge < -0.3 is 20.1 Å². The fourth-order valence-corrected chi connectivity index (χ4v) is 5.10. The Labute approximate surface area is 200 Å². The normalized spacial score (nSPS) is 19.9. The number of carbonyl (C=O) groups excluding carboxylic acids is 2. The molecule has 0 radical (unpaired) electrons. The van der Waals surface area contributed by atoms with Gasteiger partial charge in [-0.2, -0.15) is 0 Å². The van der Waals surface area contributed by atoms with E-state index in [4.69, 9.17) is 4.74 Å². The first kappa shape index (κ1) is 23.8. The summed E-state index contributed by atoms with van der Waals surface area (Å²) in [6.07, 6.45) is 1.53. The van der Waals surface area contributed by atoms with Gasteiger partial charge in [0.1, 0.15) is 12.1 Å². The molecule has 2 aliphatic rings. The summed E-state index contributed by atoms with van der Waals surface area (Å²) in [6.45, 7) is 4.70. The monoisotopic (exact) mass is 464 g/mol. The van der Waals surface area contributed by atoms with Crippen LogP contribution in [0.3, 0.4) is 0 Å². The van der Waals surface area contributed by atoms with E-state index in [1.54, 1.807) is 6.92 Å². The molecular weight excluding hydrogens is 432 g/mol. The lowest BCUT2D eigenvalue weighted by Crippen LogP contribution is -2.50. The predicted octanol–water partition coefficient (Wildman–Crippen LogP) is 4.41. The molecule has 180 valence electrons. The van der Waals surface area contributed by atoms with Crippen LogP contribution in [0.1, 0.15) is 56.6 Å². The Morgan fingerprint density at radius 3 is 2.35 bits per heavy atom. The third kappa shape index (κ3) is 4.65. The highest BCUT2D eigenvalue weighted by Crippen LogP contribution is 2.44. The summed E-state index contributed by atoms with van der Waals surface area (Å²) < 4.78 is 5.56. The minimum atomic E-state index is -1.11. The number of hydrogen-bond donors (Lipinski definition) is 2. The summed E-state index contributed by atoms with van der Waals surface area (Å²) in [5.74, 6) is -1.03. The fraction of sp³-hybridized carbons (Fsp3) is 0.444. The fourth-order valence-electron chi connectivity index (χ4n) is 5.10. The largest absolute Gasteiger partial charge is 0.480 e. The number of ether oxygens (including phenoxy) is 1. The number of amides is 2. The Morgan fingerprint density at radius 2 is 1.74 bits per heavy atom. The van der Waals surface area contributed by atoms with E-state index >= 15 is 0 Å². The van der Waals surface area contributed by atoms with Crippen molar-refractivity contribution in [1.29, 1.82) is 0 Å². The van der Waals surface area contributed by atoms with Crippen LogP contribution in [0.5, 0.6) is 0 Å². The van der Waals surface area contributed by atoms with Crippen molar-refractivity contribution in [2.45, 2.75) is 51.0 Å². The van der Waals surface area contributed by atoms with Crippen molar-refractivity contribution in [2.24, 2.45) is 5.92 Å². The molecule has 2 atom stereocenters. The van der Waals surface area contributed by atoms with Crippen molar-refractivity contribution >= 4 is 18.0 Å². The van der Waals surface area contributed by atoms with Gasteiger partial charge in [0.25, 0.3) is 0 Å². The number of nitrogens with zero attached hydrogens (tertiary/aromatic N) is 1. The summed E-state index contributed by atoms with van der Waals surface area (Å²) in [5, 5.41) is 12.3. The summed E-state index contributed by atoms with van der Waals surface area (Å²) in [4.78, 5) is 38.0. The van der Waals surface area contributed by atoms with Gasteiger partial charge in [-0.15, -0.1) is 0 Å². The zero-order valence-electron chi connectivity index (χ0n) is 19.8. The second-order valence-electron chi connectivity index (χ2n) is 9.58. The Bertz CT molecular complexity index is 1040. The molecule has 0 saturated carbocycles. The molecule has 2 N–H and O–H groups in total. The van der Waals surface area contributed by atoms with E-state index in [0.29, 0.717) is 32.4 Å². The first-order valence-electron chi connectivity index (χ1n) is 11.9. The molecule has 0 aromatic heterocycles. The van der Waals surface area contributed by atoms with Crippen molar-refractivity contribution < 1.29 is 24.2 Å². The Balaban J connectivity index is 1.23. The van der Waals surface area contributed by atoms with Crippen LogP contribution in [0.25, 0.3) is 11.1 Å². The molecule has 0 bridgehead atoms. The third-order valence-electron chi connectivity index (χ3n) is 7.19. The molecule has 7 nitrogen and oxygen atoms in total. The molecule has 7 heteroatoms. The maximum Gasteiger partial charge on any atom is 0.407 e. The van der Waals surface area contributed by atoms with Crippen LogP contribution < -0.4 is 5.32 Å². The molecule has 0 spiro atoms. The average molecular weight is 465 g/mol. The first-order chi connectivity index (χ1) is 16.3.